The van der Waals surface area contributed by atoms with Gasteiger partial charge in [-0.2, -0.15) is 0 Å². The van der Waals surface area contributed by atoms with Crippen molar-refractivity contribution in [1.82, 2.24) is 4.90 Å². The molecular weight excluding hydrogens is 454 g/mol. The van der Waals surface area contributed by atoms with Crippen molar-refractivity contribution < 1.29 is 23.8 Å². The molecular formula is C30H31NO5. The summed E-state index contributed by atoms with van der Waals surface area (Å²) in [5, 5.41) is 0. The van der Waals surface area contributed by atoms with E-state index in [1.165, 1.54) is 7.11 Å². The van der Waals surface area contributed by atoms with Crippen LogP contribution in [0.5, 0.6) is 17.2 Å². The van der Waals surface area contributed by atoms with Gasteiger partial charge >= 0.3 is 0 Å². The molecule has 0 atom stereocenters. The number of hydrogen-bond acceptors (Lipinski definition) is 5. The summed E-state index contributed by atoms with van der Waals surface area (Å²) in [5.41, 5.74) is 2.12. The molecule has 0 unspecified atom stereocenters. The van der Waals surface area contributed by atoms with E-state index in [4.69, 9.17) is 14.2 Å². The molecule has 1 amide bonds. The monoisotopic (exact) mass is 485 g/mol. The van der Waals surface area contributed by atoms with Crippen molar-refractivity contribution in [3.05, 3.63) is 89.5 Å². The second kappa shape index (κ2) is 10.1. The smallest absolute Gasteiger partial charge is 0.223 e. The van der Waals surface area contributed by atoms with Crippen molar-refractivity contribution in [3.63, 3.8) is 0 Å². The Hall–Kier alpha value is -3.80. The summed E-state index contributed by atoms with van der Waals surface area (Å²) in [6.07, 6.45) is 1.88. The number of amides is 1. The van der Waals surface area contributed by atoms with Gasteiger partial charge in [-0.1, -0.05) is 60.7 Å². The third-order valence-electron chi connectivity index (χ3n) is 7.39. The Bertz CT molecular complexity index is 1190. The average Bonchev–Trinajstić information content (AvgIpc) is 2.92. The number of Topliss-reactive ketones (excluding diaryl/α,β-unsaturated/α-hetero) is 1. The van der Waals surface area contributed by atoms with Gasteiger partial charge in [0.1, 0.15) is 28.4 Å². The van der Waals surface area contributed by atoms with Crippen LogP contribution in [0, 0.1) is 0 Å². The zero-order chi connectivity index (χ0) is 25.1. The molecule has 0 aliphatic carbocycles. The van der Waals surface area contributed by atoms with E-state index in [1.807, 2.05) is 41.3 Å². The normalized spacial score (nSPS) is 16.4. The second-order valence-electron chi connectivity index (χ2n) is 9.55. The van der Waals surface area contributed by atoms with Crippen LogP contribution in [0.2, 0.25) is 0 Å². The summed E-state index contributed by atoms with van der Waals surface area (Å²) >= 11 is 0. The van der Waals surface area contributed by atoms with Gasteiger partial charge in [-0.15, -0.1) is 0 Å². The highest BCUT2D eigenvalue weighted by molar-refractivity contribution is 6.03. The number of carbonyl (C=O) groups excluding carboxylic acids is 2. The molecule has 1 saturated heterocycles. The van der Waals surface area contributed by atoms with E-state index in [0.717, 1.165) is 11.1 Å². The van der Waals surface area contributed by atoms with Crippen molar-refractivity contribution in [2.75, 3.05) is 27.3 Å². The van der Waals surface area contributed by atoms with Gasteiger partial charge < -0.3 is 19.1 Å². The second-order valence-corrected chi connectivity index (χ2v) is 9.55. The van der Waals surface area contributed by atoms with Crippen molar-refractivity contribution in [1.29, 1.82) is 0 Å². The molecule has 0 saturated carbocycles. The summed E-state index contributed by atoms with van der Waals surface area (Å²) in [4.78, 5) is 28.5. The van der Waals surface area contributed by atoms with Gasteiger partial charge in [-0.05, 0) is 11.1 Å². The first-order valence-corrected chi connectivity index (χ1v) is 12.4. The maximum absolute atomic E-state index is 13.4. The molecule has 0 aromatic heterocycles. The predicted molar refractivity (Wildman–Crippen MR) is 137 cm³/mol. The van der Waals surface area contributed by atoms with Crippen LogP contribution in [0.4, 0.5) is 0 Å². The van der Waals surface area contributed by atoms with Crippen LogP contribution in [-0.2, 0) is 4.79 Å². The Labute approximate surface area is 211 Å². The molecule has 1 fully saturated rings. The van der Waals surface area contributed by atoms with Crippen LogP contribution in [0.1, 0.15) is 53.1 Å². The average molecular weight is 486 g/mol. The molecule has 36 heavy (non-hydrogen) atoms. The van der Waals surface area contributed by atoms with Crippen LogP contribution >= 0.6 is 0 Å². The number of nitrogens with zero attached hydrogens (tertiary/aromatic N) is 1. The quantitative estimate of drug-likeness (QED) is 0.477. The number of piperidine rings is 1. The Morgan fingerprint density at radius 1 is 0.944 bits per heavy atom. The number of likely N-dealkylation sites (tertiary alicyclic amines) is 1. The number of hydrogen-bond donors (Lipinski definition) is 0. The van der Waals surface area contributed by atoms with Crippen LogP contribution in [0.3, 0.4) is 0 Å². The lowest BCUT2D eigenvalue weighted by Crippen LogP contribution is -2.52. The van der Waals surface area contributed by atoms with Gasteiger partial charge in [0.15, 0.2) is 5.78 Å². The molecule has 3 aromatic carbocycles. The highest BCUT2D eigenvalue weighted by atomic mass is 16.5. The zero-order valence-electron chi connectivity index (χ0n) is 20.7. The minimum Gasteiger partial charge on any atom is -0.496 e. The SMILES string of the molecule is COc1cc(OC)c2c(c1)OC1(CCN(C(=O)CC(c3ccccc3)c3ccccc3)CC1)CC2=O. The minimum absolute atomic E-state index is 0.00347. The number of benzene rings is 3. The lowest BCUT2D eigenvalue weighted by molar-refractivity contribution is -0.135. The number of rotatable bonds is 6. The fraction of sp³-hybridized carbons (Fsp3) is 0.333. The van der Waals surface area contributed by atoms with Crippen LogP contribution in [0.15, 0.2) is 72.8 Å². The third kappa shape index (κ3) is 4.68. The standard InChI is InChI=1S/C30H31NO5/c1-34-23-17-26(35-2)29-25(32)20-30(36-27(29)18-23)13-15-31(16-14-30)28(33)19-24(21-9-5-3-6-10-21)22-11-7-4-8-12-22/h3-12,17-18,24H,13-16,19-20H2,1-2H3. The predicted octanol–water partition coefficient (Wildman–Crippen LogP) is 5.25. The summed E-state index contributed by atoms with van der Waals surface area (Å²) < 4.78 is 17.2. The van der Waals surface area contributed by atoms with Crippen LogP contribution in [-0.4, -0.2) is 49.5 Å². The molecule has 3 aromatic rings. The van der Waals surface area contributed by atoms with E-state index in [-0.39, 0.29) is 24.0 Å². The van der Waals surface area contributed by atoms with E-state index in [0.29, 0.717) is 55.2 Å². The van der Waals surface area contributed by atoms with E-state index in [2.05, 4.69) is 24.3 Å². The van der Waals surface area contributed by atoms with Gasteiger partial charge in [-0.3, -0.25) is 9.59 Å². The molecule has 0 N–H and O–H groups in total. The largest absolute Gasteiger partial charge is 0.496 e. The first-order chi connectivity index (χ1) is 17.5. The number of ether oxygens (including phenoxy) is 3. The zero-order valence-corrected chi connectivity index (χ0v) is 20.7. The molecule has 0 bridgehead atoms. The van der Waals surface area contributed by atoms with E-state index in [9.17, 15) is 9.59 Å². The van der Waals surface area contributed by atoms with Crippen LogP contribution in [0.25, 0.3) is 0 Å². The maximum Gasteiger partial charge on any atom is 0.223 e. The molecule has 186 valence electrons. The fourth-order valence-corrected chi connectivity index (χ4v) is 5.40. The van der Waals surface area contributed by atoms with E-state index >= 15 is 0 Å². The highest BCUT2D eigenvalue weighted by Crippen LogP contribution is 2.45. The van der Waals surface area contributed by atoms with Gasteiger partial charge in [-0.25, -0.2) is 0 Å². The topological polar surface area (TPSA) is 65.1 Å². The van der Waals surface area contributed by atoms with Gasteiger partial charge in [0.2, 0.25) is 5.91 Å². The molecule has 5 rings (SSSR count). The van der Waals surface area contributed by atoms with Crippen molar-refractivity contribution >= 4 is 11.7 Å². The molecule has 2 aliphatic heterocycles. The van der Waals surface area contributed by atoms with Crippen molar-refractivity contribution in [2.45, 2.75) is 37.2 Å². The summed E-state index contributed by atoms with van der Waals surface area (Å²) in [7, 11) is 3.11. The Morgan fingerprint density at radius 2 is 1.56 bits per heavy atom. The van der Waals surface area contributed by atoms with E-state index < -0.39 is 5.60 Å². The minimum atomic E-state index is -0.615. The number of methoxy groups -OCH3 is 2. The lowest BCUT2D eigenvalue weighted by Gasteiger charge is -2.44. The van der Waals surface area contributed by atoms with Crippen molar-refractivity contribution in [2.24, 2.45) is 0 Å². The molecule has 2 heterocycles. The molecule has 1 spiro atoms. The summed E-state index contributed by atoms with van der Waals surface area (Å²) in [6, 6.07) is 23.8. The van der Waals surface area contributed by atoms with Gasteiger partial charge in [0.05, 0.1) is 20.6 Å². The Kier molecular flexibility index (Phi) is 6.68. The molecule has 6 heteroatoms. The van der Waals surface area contributed by atoms with Gasteiger partial charge in [0, 0.05) is 50.4 Å². The number of ketones is 1. The first kappa shape index (κ1) is 23.9. The third-order valence-corrected chi connectivity index (χ3v) is 7.39. The van der Waals surface area contributed by atoms with Crippen LogP contribution < -0.4 is 14.2 Å². The lowest BCUT2D eigenvalue weighted by atomic mass is 9.81. The number of carbonyl (C=O) groups is 2. The fourth-order valence-electron chi connectivity index (χ4n) is 5.40. The summed E-state index contributed by atoms with van der Waals surface area (Å²) in [6.45, 7) is 1.11. The number of fused-ring (bicyclic) bond motifs is 1. The summed E-state index contributed by atoms with van der Waals surface area (Å²) in [5.74, 6) is 1.66. The molecule has 6 nitrogen and oxygen atoms in total. The first-order valence-electron chi connectivity index (χ1n) is 12.4. The molecule has 0 radical (unpaired) electrons. The van der Waals surface area contributed by atoms with Crippen molar-refractivity contribution in [3.8, 4) is 17.2 Å². The molecule has 2 aliphatic rings. The Balaban J connectivity index is 1.30. The van der Waals surface area contributed by atoms with E-state index in [1.54, 1.807) is 19.2 Å². The Morgan fingerprint density at radius 3 is 2.11 bits per heavy atom. The highest BCUT2D eigenvalue weighted by Gasteiger charge is 2.45. The van der Waals surface area contributed by atoms with Gasteiger partial charge in [0.25, 0.3) is 0 Å². The maximum atomic E-state index is 13.4.